The molecule has 0 saturated heterocycles. The first-order chi connectivity index (χ1) is 13.6. The number of imidazole rings is 1. The van der Waals surface area contributed by atoms with E-state index in [1.165, 1.54) is 16.1 Å². The number of hydrogen-bond acceptors (Lipinski definition) is 6. The Morgan fingerprint density at radius 3 is 2.38 bits per heavy atom. The number of fused-ring (bicyclic) bond motifs is 1. The van der Waals surface area contributed by atoms with Gasteiger partial charge in [-0.25, -0.2) is 27.0 Å². The van der Waals surface area contributed by atoms with E-state index in [1.54, 1.807) is 12.1 Å². The fourth-order valence-corrected chi connectivity index (χ4v) is 6.21. The Bertz CT molecular complexity index is 1030. The van der Waals surface area contributed by atoms with E-state index in [-0.39, 0.29) is 10.6 Å². The SMILES string of the molecule is CCCCn1c(SCCCS(N)(=O)=O)nc2cc(S(=O)(=O)N(CC)CC)ccc21. The van der Waals surface area contributed by atoms with Gasteiger partial charge in [-0.15, -0.1) is 0 Å². The topological polar surface area (TPSA) is 115 Å². The van der Waals surface area contributed by atoms with Gasteiger partial charge in [0, 0.05) is 25.4 Å². The number of hydrogen-bond donors (Lipinski definition) is 1. The van der Waals surface area contributed by atoms with Crippen LogP contribution in [-0.2, 0) is 26.6 Å². The Hall–Kier alpha value is -1.14. The number of nitrogens with two attached hydrogens (primary N) is 1. The summed E-state index contributed by atoms with van der Waals surface area (Å²) in [5.74, 6) is 0.498. The van der Waals surface area contributed by atoms with E-state index < -0.39 is 20.0 Å². The van der Waals surface area contributed by atoms with Crippen molar-refractivity contribution >= 4 is 42.8 Å². The van der Waals surface area contributed by atoms with Crippen LogP contribution in [0.1, 0.15) is 40.0 Å². The van der Waals surface area contributed by atoms with Crippen molar-refractivity contribution in [2.75, 3.05) is 24.6 Å². The predicted octanol–water partition coefficient (Wildman–Crippen LogP) is 2.64. The minimum Gasteiger partial charge on any atom is -0.319 e. The van der Waals surface area contributed by atoms with E-state index >= 15 is 0 Å². The van der Waals surface area contributed by atoms with Gasteiger partial charge >= 0.3 is 0 Å². The molecule has 11 heteroatoms. The molecule has 2 rings (SSSR count). The summed E-state index contributed by atoms with van der Waals surface area (Å²) < 4.78 is 51.4. The molecule has 0 aliphatic heterocycles. The molecule has 0 aliphatic carbocycles. The van der Waals surface area contributed by atoms with Crippen LogP contribution in [-0.4, -0.2) is 55.3 Å². The van der Waals surface area contributed by atoms with Crippen LogP contribution in [0.2, 0.25) is 0 Å². The summed E-state index contributed by atoms with van der Waals surface area (Å²) in [6.45, 7) is 7.32. The van der Waals surface area contributed by atoms with Crippen molar-refractivity contribution in [3.05, 3.63) is 18.2 Å². The zero-order chi connectivity index (χ0) is 21.7. The Balaban J connectivity index is 2.36. The molecule has 1 heterocycles. The molecule has 0 atom stereocenters. The normalized spacial score (nSPS) is 12.9. The first kappa shape index (κ1) is 24.1. The highest BCUT2D eigenvalue weighted by Gasteiger charge is 2.23. The quantitative estimate of drug-likeness (QED) is 0.383. The van der Waals surface area contributed by atoms with Gasteiger partial charge in [-0.2, -0.15) is 4.31 Å². The molecule has 1 aromatic heterocycles. The lowest BCUT2D eigenvalue weighted by Gasteiger charge is -2.18. The fourth-order valence-electron chi connectivity index (χ4n) is 3.03. The predicted molar refractivity (Wildman–Crippen MR) is 118 cm³/mol. The summed E-state index contributed by atoms with van der Waals surface area (Å²) >= 11 is 1.46. The van der Waals surface area contributed by atoms with E-state index in [0.29, 0.717) is 30.8 Å². The van der Waals surface area contributed by atoms with E-state index in [1.807, 2.05) is 19.9 Å². The van der Waals surface area contributed by atoms with Crippen molar-refractivity contribution in [3.63, 3.8) is 0 Å². The second-order valence-electron chi connectivity index (χ2n) is 6.71. The number of aromatic nitrogens is 2. The molecule has 0 bridgehead atoms. The molecule has 0 radical (unpaired) electrons. The molecule has 0 saturated carbocycles. The van der Waals surface area contributed by atoms with Gasteiger partial charge < -0.3 is 4.57 Å². The van der Waals surface area contributed by atoms with E-state index in [9.17, 15) is 16.8 Å². The molecule has 0 spiro atoms. The van der Waals surface area contributed by atoms with Gasteiger partial charge in [0.05, 0.1) is 21.7 Å². The van der Waals surface area contributed by atoms with E-state index in [0.717, 1.165) is 30.1 Å². The van der Waals surface area contributed by atoms with Crippen LogP contribution in [0.4, 0.5) is 0 Å². The molecule has 0 aliphatic rings. The van der Waals surface area contributed by atoms with E-state index in [4.69, 9.17) is 5.14 Å². The van der Waals surface area contributed by atoms with Crippen LogP contribution in [0.15, 0.2) is 28.3 Å². The van der Waals surface area contributed by atoms with Crippen molar-refractivity contribution in [1.82, 2.24) is 13.9 Å². The molecule has 2 aromatic rings. The number of sulfonamides is 2. The first-order valence-electron chi connectivity index (χ1n) is 9.77. The lowest BCUT2D eigenvalue weighted by molar-refractivity contribution is 0.445. The third kappa shape index (κ3) is 6.17. The third-order valence-electron chi connectivity index (χ3n) is 4.57. The summed E-state index contributed by atoms with van der Waals surface area (Å²) in [4.78, 5) is 4.88. The van der Waals surface area contributed by atoms with Crippen molar-refractivity contribution in [2.45, 2.75) is 56.6 Å². The Morgan fingerprint density at radius 1 is 1.10 bits per heavy atom. The summed E-state index contributed by atoms with van der Waals surface area (Å²) in [5, 5.41) is 5.82. The molecule has 0 amide bonds. The minimum atomic E-state index is -3.55. The number of primary sulfonamides is 1. The molecule has 1 aromatic carbocycles. The minimum absolute atomic E-state index is 0.0680. The van der Waals surface area contributed by atoms with E-state index in [2.05, 4.69) is 16.5 Å². The van der Waals surface area contributed by atoms with Crippen molar-refractivity contribution in [1.29, 1.82) is 0 Å². The van der Waals surface area contributed by atoms with Crippen LogP contribution in [0, 0.1) is 0 Å². The van der Waals surface area contributed by atoms with Crippen LogP contribution in [0.25, 0.3) is 11.0 Å². The maximum atomic E-state index is 12.8. The van der Waals surface area contributed by atoms with Gasteiger partial charge in [-0.1, -0.05) is 39.0 Å². The Labute approximate surface area is 178 Å². The highest BCUT2D eigenvalue weighted by atomic mass is 32.2. The van der Waals surface area contributed by atoms with Crippen molar-refractivity contribution in [3.8, 4) is 0 Å². The molecule has 2 N–H and O–H groups in total. The average molecular weight is 463 g/mol. The highest BCUT2D eigenvalue weighted by molar-refractivity contribution is 7.99. The molecule has 8 nitrogen and oxygen atoms in total. The monoisotopic (exact) mass is 462 g/mol. The van der Waals surface area contributed by atoms with Crippen LogP contribution in [0.3, 0.4) is 0 Å². The molecular weight excluding hydrogens is 432 g/mol. The fraction of sp³-hybridized carbons (Fsp3) is 0.611. The van der Waals surface area contributed by atoms with Crippen molar-refractivity contribution < 1.29 is 16.8 Å². The molecule has 0 fully saturated rings. The third-order valence-corrected chi connectivity index (χ3v) is 8.53. The lowest BCUT2D eigenvalue weighted by Crippen LogP contribution is -2.30. The largest absolute Gasteiger partial charge is 0.319 e. The van der Waals surface area contributed by atoms with Crippen molar-refractivity contribution in [2.24, 2.45) is 5.14 Å². The molecule has 29 heavy (non-hydrogen) atoms. The number of nitrogens with zero attached hydrogens (tertiary/aromatic N) is 3. The van der Waals surface area contributed by atoms with Crippen LogP contribution in [0.5, 0.6) is 0 Å². The summed E-state index contributed by atoms with van der Waals surface area (Å²) in [6, 6.07) is 5.07. The molecular formula is C18H30N4O4S3. The highest BCUT2D eigenvalue weighted by Crippen LogP contribution is 2.28. The summed E-state index contributed by atoms with van der Waals surface area (Å²) in [6.07, 6.45) is 2.42. The van der Waals surface area contributed by atoms with Gasteiger partial charge in [0.15, 0.2) is 5.16 Å². The standard InChI is InChI=1S/C18H30N4O4S3/c1-4-7-11-22-17-10-9-15(29(25,26)21(5-2)6-3)14-16(17)20-18(22)27-12-8-13-28(19,23)24/h9-10,14H,4-8,11-13H2,1-3H3,(H2,19,23,24). The Morgan fingerprint density at radius 2 is 1.79 bits per heavy atom. The number of rotatable bonds is 12. The number of benzene rings is 1. The number of thioether (sulfide) groups is 1. The first-order valence-corrected chi connectivity index (χ1v) is 13.9. The molecule has 0 unspecified atom stereocenters. The second-order valence-corrected chi connectivity index (χ2v) is 11.4. The average Bonchev–Trinajstić information content (AvgIpc) is 3.00. The lowest BCUT2D eigenvalue weighted by atomic mass is 10.3. The van der Waals surface area contributed by atoms with Gasteiger partial charge in [-0.3, -0.25) is 0 Å². The zero-order valence-electron chi connectivity index (χ0n) is 17.2. The van der Waals surface area contributed by atoms with Gasteiger partial charge in [-0.05, 0) is 31.0 Å². The van der Waals surface area contributed by atoms with Gasteiger partial charge in [0.2, 0.25) is 20.0 Å². The maximum Gasteiger partial charge on any atom is 0.243 e. The zero-order valence-corrected chi connectivity index (χ0v) is 19.6. The Kier molecular flexibility index (Phi) is 8.53. The summed E-state index contributed by atoms with van der Waals surface area (Å²) in [5.41, 5.74) is 1.51. The maximum absolute atomic E-state index is 12.8. The van der Waals surface area contributed by atoms with Gasteiger partial charge in [0.25, 0.3) is 0 Å². The summed E-state index contributed by atoms with van der Waals surface area (Å²) in [7, 11) is -7.03. The smallest absolute Gasteiger partial charge is 0.243 e. The number of unbranched alkanes of at least 4 members (excludes halogenated alkanes) is 1. The second kappa shape index (κ2) is 10.3. The van der Waals surface area contributed by atoms with Crippen LogP contribution < -0.4 is 5.14 Å². The molecule has 164 valence electrons. The number of aryl methyl sites for hydroxylation is 1. The van der Waals surface area contributed by atoms with Gasteiger partial charge in [0.1, 0.15) is 0 Å². The van der Waals surface area contributed by atoms with Crippen LogP contribution >= 0.6 is 11.8 Å².